The number of nitrogens with one attached hydrogen (secondary N) is 1. The first-order chi connectivity index (χ1) is 13.5. The SMILES string of the molecule is N#CCC(=O)N1CCN(C(=O)CNC(=O)c2ccc(N(N)/C=C\N)cc2)CC1. The molecule has 1 fully saturated rings. The summed E-state index contributed by atoms with van der Waals surface area (Å²) < 4.78 is 0. The number of hydrogen-bond donors (Lipinski definition) is 3. The van der Waals surface area contributed by atoms with E-state index < -0.39 is 0 Å². The zero-order chi connectivity index (χ0) is 20.5. The van der Waals surface area contributed by atoms with E-state index in [1.165, 1.54) is 17.4 Å². The number of nitrogens with zero attached hydrogens (tertiary/aromatic N) is 4. The second kappa shape index (κ2) is 9.94. The van der Waals surface area contributed by atoms with Crippen LogP contribution in [0.4, 0.5) is 5.69 Å². The van der Waals surface area contributed by atoms with Gasteiger partial charge in [0.05, 0.1) is 18.3 Å². The van der Waals surface area contributed by atoms with Crippen LogP contribution in [0.3, 0.4) is 0 Å². The van der Waals surface area contributed by atoms with Gasteiger partial charge in [-0.2, -0.15) is 5.26 Å². The van der Waals surface area contributed by atoms with Gasteiger partial charge in [-0.1, -0.05) is 0 Å². The van der Waals surface area contributed by atoms with Crippen molar-refractivity contribution in [3.63, 3.8) is 0 Å². The van der Waals surface area contributed by atoms with Gasteiger partial charge >= 0.3 is 0 Å². The summed E-state index contributed by atoms with van der Waals surface area (Å²) in [5.74, 6) is 4.90. The third-order valence-corrected chi connectivity index (χ3v) is 4.29. The Morgan fingerprint density at radius 1 is 1.11 bits per heavy atom. The van der Waals surface area contributed by atoms with Crippen molar-refractivity contribution in [3.8, 4) is 6.07 Å². The van der Waals surface area contributed by atoms with E-state index in [1.807, 2.05) is 6.07 Å². The quantitative estimate of drug-likeness (QED) is 0.425. The summed E-state index contributed by atoms with van der Waals surface area (Å²) in [6.07, 6.45) is 2.61. The molecule has 2 rings (SSSR count). The lowest BCUT2D eigenvalue weighted by Crippen LogP contribution is -2.52. The predicted octanol–water partition coefficient (Wildman–Crippen LogP) is -0.889. The van der Waals surface area contributed by atoms with Gasteiger partial charge in [0.25, 0.3) is 5.91 Å². The molecule has 0 aromatic heterocycles. The molecule has 0 aliphatic carbocycles. The minimum absolute atomic E-state index is 0.133. The van der Waals surface area contributed by atoms with Crippen molar-refractivity contribution < 1.29 is 14.4 Å². The van der Waals surface area contributed by atoms with Crippen LogP contribution < -0.4 is 21.9 Å². The number of rotatable bonds is 6. The number of carbonyl (C=O) groups excluding carboxylic acids is 3. The number of hydrazine groups is 1. The van der Waals surface area contributed by atoms with E-state index in [0.29, 0.717) is 37.4 Å². The first-order valence-electron chi connectivity index (χ1n) is 8.69. The fraction of sp³-hybridized carbons (Fsp3) is 0.333. The monoisotopic (exact) mass is 385 g/mol. The summed E-state index contributed by atoms with van der Waals surface area (Å²) >= 11 is 0. The van der Waals surface area contributed by atoms with E-state index in [1.54, 1.807) is 34.1 Å². The number of nitrogens with two attached hydrogens (primary N) is 2. The topological polar surface area (TPSA) is 149 Å². The molecule has 1 saturated heterocycles. The lowest BCUT2D eigenvalue weighted by Gasteiger charge is -2.34. The average molecular weight is 385 g/mol. The summed E-state index contributed by atoms with van der Waals surface area (Å²) in [6.45, 7) is 1.39. The van der Waals surface area contributed by atoms with E-state index >= 15 is 0 Å². The molecule has 3 amide bonds. The number of anilines is 1. The molecule has 148 valence electrons. The van der Waals surface area contributed by atoms with Crippen LogP contribution in [0.2, 0.25) is 0 Å². The highest BCUT2D eigenvalue weighted by Crippen LogP contribution is 2.12. The maximum atomic E-state index is 12.3. The Morgan fingerprint density at radius 3 is 2.21 bits per heavy atom. The molecule has 0 atom stereocenters. The Hall–Kier alpha value is -3.58. The van der Waals surface area contributed by atoms with Crippen LogP contribution in [-0.4, -0.2) is 60.2 Å². The zero-order valence-electron chi connectivity index (χ0n) is 15.4. The molecule has 5 N–H and O–H groups in total. The van der Waals surface area contributed by atoms with E-state index in [-0.39, 0.29) is 30.7 Å². The Labute approximate surface area is 162 Å². The summed E-state index contributed by atoms with van der Waals surface area (Å²) in [4.78, 5) is 39.3. The lowest BCUT2D eigenvalue weighted by atomic mass is 10.2. The van der Waals surface area contributed by atoms with E-state index in [0.717, 1.165) is 0 Å². The van der Waals surface area contributed by atoms with Crippen LogP contribution in [0.25, 0.3) is 0 Å². The third-order valence-electron chi connectivity index (χ3n) is 4.29. The third kappa shape index (κ3) is 5.46. The molecule has 28 heavy (non-hydrogen) atoms. The van der Waals surface area contributed by atoms with Gasteiger partial charge in [-0.15, -0.1) is 0 Å². The highest BCUT2D eigenvalue weighted by atomic mass is 16.2. The molecular formula is C18H23N7O3. The van der Waals surface area contributed by atoms with Crippen LogP contribution in [0.5, 0.6) is 0 Å². The smallest absolute Gasteiger partial charge is 0.251 e. The maximum Gasteiger partial charge on any atom is 0.251 e. The number of nitriles is 1. The van der Waals surface area contributed by atoms with E-state index in [4.69, 9.17) is 16.8 Å². The Kier molecular flexibility index (Phi) is 7.36. The van der Waals surface area contributed by atoms with Crippen LogP contribution in [0.15, 0.2) is 36.7 Å². The first-order valence-corrected chi connectivity index (χ1v) is 8.69. The van der Waals surface area contributed by atoms with Crippen LogP contribution in [-0.2, 0) is 9.59 Å². The molecule has 1 aliphatic heterocycles. The van der Waals surface area contributed by atoms with Crippen molar-refractivity contribution in [1.82, 2.24) is 15.1 Å². The fourth-order valence-electron chi connectivity index (χ4n) is 2.72. The van der Waals surface area contributed by atoms with Crippen molar-refractivity contribution in [2.45, 2.75) is 6.42 Å². The summed E-state index contributed by atoms with van der Waals surface area (Å²) in [6, 6.07) is 8.34. The summed E-state index contributed by atoms with van der Waals surface area (Å²) in [5.41, 5.74) is 6.32. The average Bonchev–Trinajstić information content (AvgIpc) is 2.72. The normalized spacial score (nSPS) is 13.9. The zero-order valence-corrected chi connectivity index (χ0v) is 15.4. The molecule has 1 heterocycles. The number of amides is 3. The van der Waals surface area contributed by atoms with Gasteiger partial charge in [0.15, 0.2) is 0 Å². The van der Waals surface area contributed by atoms with Gasteiger partial charge in [0.1, 0.15) is 6.42 Å². The van der Waals surface area contributed by atoms with E-state index in [9.17, 15) is 14.4 Å². The number of piperazine rings is 1. The maximum absolute atomic E-state index is 12.3. The fourth-order valence-corrected chi connectivity index (χ4v) is 2.72. The highest BCUT2D eigenvalue weighted by Gasteiger charge is 2.24. The molecular weight excluding hydrogens is 362 g/mol. The number of benzene rings is 1. The Morgan fingerprint density at radius 2 is 1.68 bits per heavy atom. The van der Waals surface area contributed by atoms with Crippen LogP contribution >= 0.6 is 0 Å². The van der Waals surface area contributed by atoms with Gasteiger partial charge < -0.3 is 20.9 Å². The molecule has 0 unspecified atom stereocenters. The second-order valence-corrected chi connectivity index (χ2v) is 6.07. The van der Waals surface area contributed by atoms with Crippen molar-refractivity contribution in [3.05, 3.63) is 42.2 Å². The van der Waals surface area contributed by atoms with Gasteiger partial charge in [-0.3, -0.25) is 19.4 Å². The largest absolute Gasteiger partial charge is 0.403 e. The minimum atomic E-state index is -0.374. The van der Waals surface area contributed by atoms with E-state index in [2.05, 4.69) is 5.32 Å². The molecule has 0 radical (unpaired) electrons. The molecule has 1 aromatic rings. The van der Waals surface area contributed by atoms with Gasteiger partial charge in [-0.05, 0) is 24.3 Å². The molecule has 0 spiro atoms. The molecule has 1 aliphatic rings. The van der Waals surface area contributed by atoms with Gasteiger partial charge in [-0.25, -0.2) is 5.84 Å². The van der Waals surface area contributed by atoms with Gasteiger partial charge in [0.2, 0.25) is 11.8 Å². The highest BCUT2D eigenvalue weighted by molar-refractivity contribution is 5.96. The standard InChI is InChI=1S/C18H23N7O3/c19-6-5-16(26)23-9-11-24(12-10-23)17(27)13-22-18(28)14-1-3-15(4-2-14)25(21)8-7-20/h1-4,7-8H,5,9-13,20-21H2,(H,22,28)/b8-7-. The van der Waals surface area contributed by atoms with Crippen molar-refractivity contribution in [2.24, 2.45) is 11.6 Å². The van der Waals surface area contributed by atoms with Crippen molar-refractivity contribution in [2.75, 3.05) is 37.7 Å². The molecule has 0 saturated carbocycles. The van der Waals surface area contributed by atoms with Crippen molar-refractivity contribution in [1.29, 1.82) is 5.26 Å². The molecule has 10 nitrogen and oxygen atoms in total. The number of hydrogen-bond acceptors (Lipinski definition) is 7. The molecule has 10 heteroatoms. The van der Waals surface area contributed by atoms with Crippen molar-refractivity contribution >= 4 is 23.4 Å². The van der Waals surface area contributed by atoms with Crippen LogP contribution in [0.1, 0.15) is 16.8 Å². The summed E-state index contributed by atoms with van der Waals surface area (Å²) in [5, 5.41) is 12.5. The predicted molar refractivity (Wildman–Crippen MR) is 102 cm³/mol. The summed E-state index contributed by atoms with van der Waals surface area (Å²) in [7, 11) is 0. The number of carbonyl (C=O) groups is 3. The molecule has 1 aromatic carbocycles. The Balaban J connectivity index is 1.80. The van der Waals surface area contributed by atoms with Gasteiger partial charge in [0, 0.05) is 44.1 Å². The Bertz CT molecular complexity index is 777. The molecule has 0 bridgehead atoms. The lowest BCUT2D eigenvalue weighted by molar-refractivity contribution is -0.138. The van der Waals surface area contributed by atoms with Crippen LogP contribution in [0, 0.1) is 11.3 Å². The first kappa shape index (κ1) is 20.7. The second-order valence-electron chi connectivity index (χ2n) is 6.07. The minimum Gasteiger partial charge on any atom is -0.403 e.